The van der Waals surface area contributed by atoms with E-state index in [1.54, 1.807) is 17.9 Å². The number of hydrogen-bond acceptors (Lipinski definition) is 4. The number of amides is 1. The van der Waals surface area contributed by atoms with Crippen molar-refractivity contribution in [1.29, 1.82) is 0 Å². The highest BCUT2D eigenvalue weighted by Crippen LogP contribution is 2.22. The van der Waals surface area contributed by atoms with Crippen molar-refractivity contribution in [3.63, 3.8) is 0 Å². The number of aromatic nitrogens is 3. The number of carbonyl (C=O) groups is 1. The van der Waals surface area contributed by atoms with Crippen molar-refractivity contribution >= 4 is 22.4 Å². The van der Waals surface area contributed by atoms with Gasteiger partial charge in [0.2, 0.25) is 0 Å². The number of thiazole rings is 1. The quantitative estimate of drug-likeness (QED) is 0.906. The minimum absolute atomic E-state index is 0.172. The van der Waals surface area contributed by atoms with E-state index in [9.17, 15) is 4.79 Å². The summed E-state index contributed by atoms with van der Waals surface area (Å²) in [6.07, 6.45) is 4.10. The van der Waals surface area contributed by atoms with E-state index in [0.29, 0.717) is 10.7 Å². The second kappa shape index (κ2) is 4.67. The summed E-state index contributed by atoms with van der Waals surface area (Å²) < 4.78 is 1.60. The van der Waals surface area contributed by atoms with Crippen LogP contribution in [0.15, 0.2) is 12.4 Å². The standard InChI is InChI=1S/C11H14N4OS/c1-4-9-7(2)17-11(13-9)14-10(16)8-5-12-15(3)6-8/h5-6H,4H2,1-3H3,(H,13,14,16). The fourth-order valence-electron chi connectivity index (χ4n) is 1.52. The molecule has 6 heteroatoms. The van der Waals surface area contributed by atoms with Gasteiger partial charge in [0.15, 0.2) is 5.13 Å². The van der Waals surface area contributed by atoms with Crippen LogP contribution in [0.4, 0.5) is 5.13 Å². The Bertz CT molecular complexity index is 543. The Morgan fingerprint density at radius 3 is 2.88 bits per heavy atom. The lowest BCUT2D eigenvalue weighted by atomic mass is 10.3. The predicted octanol–water partition coefficient (Wildman–Crippen LogP) is 2.00. The molecule has 0 aliphatic heterocycles. The van der Waals surface area contributed by atoms with Crippen LogP contribution >= 0.6 is 11.3 Å². The maximum Gasteiger partial charge on any atom is 0.260 e. The normalized spacial score (nSPS) is 10.5. The van der Waals surface area contributed by atoms with Crippen molar-refractivity contribution in [1.82, 2.24) is 14.8 Å². The van der Waals surface area contributed by atoms with E-state index in [1.165, 1.54) is 17.5 Å². The molecule has 0 unspecified atom stereocenters. The number of carbonyl (C=O) groups excluding carboxylic acids is 1. The number of aryl methyl sites for hydroxylation is 3. The van der Waals surface area contributed by atoms with E-state index in [2.05, 4.69) is 22.3 Å². The molecule has 0 spiro atoms. The fraction of sp³-hybridized carbons (Fsp3) is 0.364. The highest BCUT2D eigenvalue weighted by molar-refractivity contribution is 7.15. The van der Waals surface area contributed by atoms with Crippen LogP contribution in [-0.2, 0) is 13.5 Å². The van der Waals surface area contributed by atoms with Gasteiger partial charge in [-0.15, -0.1) is 11.3 Å². The average Bonchev–Trinajstić information content (AvgIpc) is 2.85. The molecule has 1 N–H and O–H groups in total. The molecule has 0 aromatic carbocycles. The lowest BCUT2D eigenvalue weighted by Crippen LogP contribution is -2.10. The first kappa shape index (κ1) is 11.8. The Hall–Kier alpha value is -1.69. The molecule has 0 saturated heterocycles. The Kier molecular flexibility index (Phi) is 3.23. The molecule has 1 amide bonds. The number of nitrogens with zero attached hydrogens (tertiary/aromatic N) is 3. The van der Waals surface area contributed by atoms with Gasteiger partial charge < -0.3 is 0 Å². The van der Waals surface area contributed by atoms with Crippen molar-refractivity contribution in [2.45, 2.75) is 20.3 Å². The minimum Gasteiger partial charge on any atom is -0.298 e. The monoisotopic (exact) mass is 250 g/mol. The van der Waals surface area contributed by atoms with E-state index in [4.69, 9.17) is 0 Å². The predicted molar refractivity (Wildman–Crippen MR) is 67.4 cm³/mol. The third-order valence-corrected chi connectivity index (χ3v) is 3.34. The number of nitrogens with one attached hydrogen (secondary N) is 1. The minimum atomic E-state index is -0.172. The first-order valence-electron chi connectivity index (χ1n) is 5.36. The molecule has 90 valence electrons. The summed E-state index contributed by atoms with van der Waals surface area (Å²) in [5, 5.41) is 7.39. The molecule has 0 aliphatic carbocycles. The van der Waals surface area contributed by atoms with Gasteiger partial charge in [0.25, 0.3) is 5.91 Å². The lowest BCUT2D eigenvalue weighted by Gasteiger charge is -1.97. The zero-order valence-electron chi connectivity index (χ0n) is 10.0. The van der Waals surface area contributed by atoms with Crippen molar-refractivity contribution in [3.8, 4) is 0 Å². The smallest absolute Gasteiger partial charge is 0.260 e. The number of hydrogen-bond donors (Lipinski definition) is 1. The Balaban J connectivity index is 2.12. The van der Waals surface area contributed by atoms with Gasteiger partial charge in [-0.2, -0.15) is 5.10 Å². The first-order valence-corrected chi connectivity index (χ1v) is 6.18. The summed E-state index contributed by atoms with van der Waals surface area (Å²) in [5.41, 5.74) is 1.58. The molecule has 2 aromatic heterocycles. The summed E-state index contributed by atoms with van der Waals surface area (Å²) in [6.45, 7) is 4.06. The maximum atomic E-state index is 11.8. The highest BCUT2D eigenvalue weighted by Gasteiger charge is 2.12. The van der Waals surface area contributed by atoms with Crippen molar-refractivity contribution < 1.29 is 4.79 Å². The van der Waals surface area contributed by atoms with Gasteiger partial charge in [-0.05, 0) is 13.3 Å². The molecule has 17 heavy (non-hydrogen) atoms. The molecule has 0 atom stereocenters. The average molecular weight is 250 g/mol. The SMILES string of the molecule is CCc1nc(NC(=O)c2cnn(C)c2)sc1C. The van der Waals surface area contributed by atoms with Crippen LogP contribution in [-0.4, -0.2) is 20.7 Å². The highest BCUT2D eigenvalue weighted by atomic mass is 32.1. The summed E-state index contributed by atoms with van der Waals surface area (Å²) in [4.78, 5) is 17.3. The van der Waals surface area contributed by atoms with Crippen LogP contribution in [0, 0.1) is 6.92 Å². The van der Waals surface area contributed by atoms with Crippen LogP contribution in [0.3, 0.4) is 0 Å². The van der Waals surface area contributed by atoms with Gasteiger partial charge in [-0.25, -0.2) is 4.98 Å². The second-order valence-electron chi connectivity index (χ2n) is 3.73. The zero-order valence-corrected chi connectivity index (χ0v) is 10.8. The molecule has 0 bridgehead atoms. The molecule has 5 nitrogen and oxygen atoms in total. The summed E-state index contributed by atoms with van der Waals surface area (Å²) in [7, 11) is 1.78. The molecular formula is C11H14N4OS. The van der Waals surface area contributed by atoms with Crippen molar-refractivity contribution in [2.75, 3.05) is 5.32 Å². The molecular weight excluding hydrogens is 236 g/mol. The summed E-state index contributed by atoms with van der Waals surface area (Å²) in [5.74, 6) is -0.172. The molecule has 0 fully saturated rings. The third-order valence-electron chi connectivity index (χ3n) is 2.42. The first-order chi connectivity index (χ1) is 8.10. The van der Waals surface area contributed by atoms with Gasteiger partial charge in [-0.1, -0.05) is 6.92 Å². The lowest BCUT2D eigenvalue weighted by molar-refractivity contribution is 0.102. The molecule has 2 heterocycles. The second-order valence-corrected chi connectivity index (χ2v) is 4.94. The maximum absolute atomic E-state index is 11.8. The van der Waals surface area contributed by atoms with E-state index >= 15 is 0 Å². The van der Waals surface area contributed by atoms with Crippen LogP contribution in [0.1, 0.15) is 27.9 Å². The van der Waals surface area contributed by atoms with Crippen LogP contribution in [0.25, 0.3) is 0 Å². The molecule has 0 radical (unpaired) electrons. The van der Waals surface area contributed by atoms with Gasteiger partial charge in [-0.3, -0.25) is 14.8 Å². The Labute approximate surface area is 103 Å². The summed E-state index contributed by atoms with van der Waals surface area (Å²) >= 11 is 1.50. The largest absolute Gasteiger partial charge is 0.298 e. The third kappa shape index (κ3) is 2.52. The molecule has 0 aliphatic rings. The van der Waals surface area contributed by atoms with Gasteiger partial charge in [0.05, 0.1) is 17.5 Å². The number of anilines is 1. The van der Waals surface area contributed by atoms with Gasteiger partial charge in [0, 0.05) is 18.1 Å². The van der Waals surface area contributed by atoms with E-state index in [0.717, 1.165) is 17.0 Å². The van der Waals surface area contributed by atoms with Crippen LogP contribution < -0.4 is 5.32 Å². The molecule has 2 aromatic rings. The zero-order chi connectivity index (χ0) is 12.4. The number of rotatable bonds is 3. The van der Waals surface area contributed by atoms with Gasteiger partial charge >= 0.3 is 0 Å². The van der Waals surface area contributed by atoms with E-state index in [-0.39, 0.29) is 5.91 Å². The van der Waals surface area contributed by atoms with Gasteiger partial charge in [0.1, 0.15) is 0 Å². The Morgan fingerprint density at radius 1 is 1.59 bits per heavy atom. The molecule has 2 rings (SSSR count). The Morgan fingerprint density at radius 2 is 2.35 bits per heavy atom. The van der Waals surface area contributed by atoms with E-state index < -0.39 is 0 Å². The summed E-state index contributed by atoms with van der Waals surface area (Å²) in [6, 6.07) is 0. The molecule has 0 saturated carbocycles. The van der Waals surface area contributed by atoms with Crippen molar-refractivity contribution in [3.05, 3.63) is 28.5 Å². The van der Waals surface area contributed by atoms with Crippen LogP contribution in [0.5, 0.6) is 0 Å². The topological polar surface area (TPSA) is 59.8 Å². The van der Waals surface area contributed by atoms with Crippen molar-refractivity contribution in [2.24, 2.45) is 7.05 Å². The fourth-order valence-corrected chi connectivity index (χ4v) is 2.41. The van der Waals surface area contributed by atoms with Crippen LogP contribution in [0.2, 0.25) is 0 Å². The van der Waals surface area contributed by atoms with E-state index in [1.807, 2.05) is 6.92 Å².